The van der Waals surface area contributed by atoms with Crippen LogP contribution in [-0.4, -0.2) is 6.36 Å². The van der Waals surface area contributed by atoms with Crippen molar-refractivity contribution in [3.63, 3.8) is 0 Å². The number of hydrogen-bond acceptors (Lipinski definition) is 1. The summed E-state index contributed by atoms with van der Waals surface area (Å²) < 4.78 is 67.4. The van der Waals surface area contributed by atoms with Gasteiger partial charge in [-0.3, -0.25) is 0 Å². The fourth-order valence-electron chi connectivity index (χ4n) is 2.71. The van der Waals surface area contributed by atoms with Crippen molar-refractivity contribution < 1.29 is 26.7 Å². The topological polar surface area (TPSA) is 9.23 Å². The SMILES string of the molecule is Fc1ccc(C2=CCCC(c3ccc(OC(F)(F)F)cc3)=C2)c(F)c1. The van der Waals surface area contributed by atoms with Crippen LogP contribution in [0.3, 0.4) is 0 Å². The fourth-order valence-corrected chi connectivity index (χ4v) is 2.71. The second kappa shape index (κ2) is 6.70. The Balaban J connectivity index is 1.85. The van der Waals surface area contributed by atoms with Crippen molar-refractivity contribution in [2.45, 2.75) is 19.2 Å². The van der Waals surface area contributed by atoms with Crippen LogP contribution in [0.5, 0.6) is 5.75 Å². The zero-order chi connectivity index (χ0) is 18.0. The first-order valence-corrected chi connectivity index (χ1v) is 7.54. The second-order valence-corrected chi connectivity index (χ2v) is 5.56. The number of rotatable bonds is 3. The van der Waals surface area contributed by atoms with Crippen molar-refractivity contribution in [1.82, 2.24) is 0 Å². The Kier molecular flexibility index (Phi) is 4.61. The molecule has 0 radical (unpaired) electrons. The number of halogens is 5. The molecule has 1 aliphatic rings. The maximum atomic E-state index is 13.9. The molecule has 25 heavy (non-hydrogen) atoms. The van der Waals surface area contributed by atoms with Gasteiger partial charge in [0.2, 0.25) is 0 Å². The summed E-state index contributed by atoms with van der Waals surface area (Å²) >= 11 is 0. The largest absolute Gasteiger partial charge is 0.573 e. The predicted molar refractivity (Wildman–Crippen MR) is 84.7 cm³/mol. The van der Waals surface area contributed by atoms with E-state index in [0.717, 1.165) is 17.2 Å². The van der Waals surface area contributed by atoms with E-state index in [1.165, 1.54) is 36.4 Å². The zero-order valence-corrected chi connectivity index (χ0v) is 12.9. The van der Waals surface area contributed by atoms with E-state index in [-0.39, 0.29) is 11.3 Å². The normalized spacial score (nSPS) is 14.8. The molecule has 130 valence electrons. The Hall–Kier alpha value is -2.63. The van der Waals surface area contributed by atoms with Crippen LogP contribution in [0, 0.1) is 11.6 Å². The van der Waals surface area contributed by atoms with Crippen LogP contribution in [0.1, 0.15) is 24.0 Å². The van der Waals surface area contributed by atoms with Crippen LogP contribution >= 0.6 is 0 Å². The van der Waals surface area contributed by atoms with Gasteiger partial charge < -0.3 is 4.74 Å². The van der Waals surface area contributed by atoms with Crippen LogP contribution in [0.25, 0.3) is 11.1 Å². The lowest BCUT2D eigenvalue weighted by Gasteiger charge is -2.16. The smallest absolute Gasteiger partial charge is 0.406 e. The van der Waals surface area contributed by atoms with Crippen molar-refractivity contribution in [3.8, 4) is 5.75 Å². The van der Waals surface area contributed by atoms with E-state index in [9.17, 15) is 22.0 Å². The van der Waals surface area contributed by atoms with Crippen LogP contribution in [-0.2, 0) is 0 Å². The molecule has 6 heteroatoms. The van der Waals surface area contributed by atoms with E-state index in [4.69, 9.17) is 0 Å². The molecule has 2 aromatic carbocycles. The Morgan fingerprint density at radius 3 is 2.28 bits per heavy atom. The molecule has 0 saturated carbocycles. The number of allylic oxidation sites excluding steroid dienone is 4. The maximum absolute atomic E-state index is 13.9. The van der Waals surface area contributed by atoms with Gasteiger partial charge in [-0.25, -0.2) is 8.78 Å². The average molecular weight is 352 g/mol. The maximum Gasteiger partial charge on any atom is 0.573 e. The molecule has 0 heterocycles. The molecule has 2 aromatic rings. The number of ether oxygens (including phenoxy) is 1. The lowest BCUT2D eigenvalue weighted by Crippen LogP contribution is -2.17. The first-order valence-electron chi connectivity index (χ1n) is 7.54. The fraction of sp³-hybridized carbons (Fsp3) is 0.158. The molecule has 1 aliphatic carbocycles. The van der Waals surface area contributed by atoms with Crippen LogP contribution in [0.2, 0.25) is 0 Å². The van der Waals surface area contributed by atoms with E-state index < -0.39 is 18.0 Å². The molecule has 1 nitrogen and oxygen atoms in total. The molecule has 0 saturated heterocycles. The number of hydrogen-bond donors (Lipinski definition) is 0. The zero-order valence-electron chi connectivity index (χ0n) is 12.9. The molecule has 0 N–H and O–H groups in total. The van der Waals surface area contributed by atoms with Crippen molar-refractivity contribution in [2.75, 3.05) is 0 Å². The first kappa shape index (κ1) is 17.2. The summed E-state index contributed by atoms with van der Waals surface area (Å²) in [7, 11) is 0. The van der Waals surface area contributed by atoms with Crippen molar-refractivity contribution >= 4 is 11.1 Å². The highest BCUT2D eigenvalue weighted by atomic mass is 19.4. The standard InChI is InChI=1S/C19H13F5O/c20-15-6-9-17(18(21)11-15)14-3-1-2-13(10-14)12-4-7-16(8-5-12)25-19(22,23)24/h3-11H,1-2H2. The van der Waals surface area contributed by atoms with E-state index in [0.29, 0.717) is 18.4 Å². The average Bonchev–Trinajstić information content (AvgIpc) is 2.54. The molecule has 0 aromatic heterocycles. The Morgan fingerprint density at radius 2 is 1.64 bits per heavy atom. The second-order valence-electron chi connectivity index (χ2n) is 5.56. The van der Waals surface area contributed by atoms with Gasteiger partial charge in [0.15, 0.2) is 0 Å². The lowest BCUT2D eigenvalue weighted by atomic mass is 9.90. The van der Waals surface area contributed by atoms with Gasteiger partial charge in [-0.2, -0.15) is 0 Å². The highest BCUT2D eigenvalue weighted by Crippen LogP contribution is 2.33. The van der Waals surface area contributed by atoms with Gasteiger partial charge >= 0.3 is 6.36 Å². The van der Waals surface area contributed by atoms with Crippen LogP contribution < -0.4 is 4.74 Å². The molecule has 3 rings (SSSR count). The quantitative estimate of drug-likeness (QED) is 0.604. The molecule has 0 spiro atoms. The van der Waals surface area contributed by atoms with Crippen molar-refractivity contribution in [3.05, 3.63) is 77.4 Å². The summed E-state index contributed by atoms with van der Waals surface area (Å²) in [4.78, 5) is 0. The molecular weight excluding hydrogens is 339 g/mol. The lowest BCUT2D eigenvalue weighted by molar-refractivity contribution is -0.274. The third kappa shape index (κ3) is 4.26. The van der Waals surface area contributed by atoms with Gasteiger partial charge in [0.05, 0.1) is 0 Å². The minimum Gasteiger partial charge on any atom is -0.406 e. The van der Waals surface area contributed by atoms with E-state index in [2.05, 4.69) is 4.74 Å². The predicted octanol–water partition coefficient (Wildman–Crippen LogP) is 6.12. The van der Waals surface area contributed by atoms with E-state index in [1.807, 2.05) is 6.08 Å². The van der Waals surface area contributed by atoms with Crippen molar-refractivity contribution in [2.24, 2.45) is 0 Å². The van der Waals surface area contributed by atoms with Crippen LogP contribution in [0.4, 0.5) is 22.0 Å². The van der Waals surface area contributed by atoms with Gasteiger partial charge in [-0.15, -0.1) is 13.2 Å². The van der Waals surface area contributed by atoms with Gasteiger partial charge in [-0.05, 0) is 53.8 Å². The van der Waals surface area contributed by atoms with Gasteiger partial charge in [-0.1, -0.05) is 24.3 Å². The van der Waals surface area contributed by atoms with Gasteiger partial charge in [0.1, 0.15) is 17.4 Å². The van der Waals surface area contributed by atoms with Gasteiger partial charge in [0, 0.05) is 11.6 Å². The molecule has 0 atom stereocenters. The number of alkyl halides is 3. The third-order valence-corrected chi connectivity index (χ3v) is 3.81. The third-order valence-electron chi connectivity index (χ3n) is 3.81. The minimum atomic E-state index is -4.73. The summed E-state index contributed by atoms with van der Waals surface area (Å²) in [5.74, 6) is -1.60. The van der Waals surface area contributed by atoms with Gasteiger partial charge in [0.25, 0.3) is 0 Å². The Labute approximate surface area is 141 Å². The van der Waals surface area contributed by atoms with E-state index in [1.54, 1.807) is 6.08 Å². The Bertz CT molecular complexity index is 832. The molecule has 0 fully saturated rings. The molecule has 0 aliphatic heterocycles. The molecule has 0 unspecified atom stereocenters. The summed E-state index contributed by atoms with van der Waals surface area (Å²) in [6.45, 7) is 0. The Morgan fingerprint density at radius 1 is 0.920 bits per heavy atom. The van der Waals surface area contributed by atoms with Crippen molar-refractivity contribution in [1.29, 1.82) is 0 Å². The summed E-state index contributed by atoms with van der Waals surface area (Å²) in [5.41, 5.74) is 2.49. The molecular formula is C19H13F5O. The van der Waals surface area contributed by atoms with Crippen LogP contribution in [0.15, 0.2) is 54.6 Å². The monoisotopic (exact) mass is 352 g/mol. The van der Waals surface area contributed by atoms with E-state index >= 15 is 0 Å². The molecule has 0 bridgehead atoms. The summed E-state index contributed by atoms with van der Waals surface area (Å²) in [5, 5.41) is 0. The summed E-state index contributed by atoms with van der Waals surface area (Å²) in [6, 6.07) is 8.90. The highest BCUT2D eigenvalue weighted by Gasteiger charge is 2.31. The molecule has 0 amide bonds. The number of benzene rings is 2. The highest BCUT2D eigenvalue weighted by molar-refractivity contribution is 5.86. The minimum absolute atomic E-state index is 0.288. The first-order chi connectivity index (χ1) is 11.8. The summed E-state index contributed by atoms with van der Waals surface area (Å²) in [6.07, 6.45) is 0.201.